The second-order valence-corrected chi connectivity index (χ2v) is 6.99. The first kappa shape index (κ1) is 15.5. The van der Waals surface area contributed by atoms with E-state index in [9.17, 15) is 9.90 Å². The van der Waals surface area contributed by atoms with Crippen LogP contribution in [-0.2, 0) is 5.41 Å². The second-order valence-electron chi connectivity index (χ2n) is 6.99. The maximum atomic E-state index is 12.3. The molecule has 0 saturated carbocycles. The first-order chi connectivity index (χ1) is 9.59. The summed E-state index contributed by atoms with van der Waals surface area (Å²) >= 11 is 0. The molecule has 21 heavy (non-hydrogen) atoms. The van der Waals surface area contributed by atoms with Gasteiger partial charge in [0.2, 0.25) is 0 Å². The van der Waals surface area contributed by atoms with Crippen LogP contribution in [0.4, 0.5) is 0 Å². The van der Waals surface area contributed by atoms with Crippen molar-refractivity contribution in [2.45, 2.75) is 45.6 Å². The number of hydrogen-bond acceptors (Lipinski definition) is 3. The molecule has 0 radical (unpaired) electrons. The lowest BCUT2D eigenvalue weighted by molar-refractivity contribution is 0.0693. The summed E-state index contributed by atoms with van der Waals surface area (Å²) in [4.78, 5) is 16.9. The second kappa shape index (κ2) is 5.15. The van der Waals surface area contributed by atoms with E-state index in [1.807, 2.05) is 28.8 Å². The summed E-state index contributed by atoms with van der Waals surface area (Å²) in [7, 11) is 0. The van der Waals surface area contributed by atoms with Gasteiger partial charge < -0.3 is 14.8 Å². The van der Waals surface area contributed by atoms with E-state index in [0.29, 0.717) is 5.69 Å². The summed E-state index contributed by atoms with van der Waals surface area (Å²) in [5.41, 5.74) is 0.0531. The van der Waals surface area contributed by atoms with E-state index >= 15 is 0 Å². The maximum absolute atomic E-state index is 12.3. The molecule has 0 fully saturated rings. The first-order valence-corrected chi connectivity index (χ1v) is 7.08. The van der Waals surface area contributed by atoms with Crippen molar-refractivity contribution in [2.24, 2.45) is 0 Å². The van der Waals surface area contributed by atoms with Crippen LogP contribution in [0.1, 0.15) is 50.9 Å². The maximum Gasteiger partial charge on any atom is 0.272 e. The molecule has 2 aromatic rings. The van der Waals surface area contributed by atoms with E-state index < -0.39 is 5.60 Å². The van der Waals surface area contributed by atoms with Crippen LogP contribution in [-0.4, -0.2) is 32.5 Å². The lowest BCUT2D eigenvalue weighted by atomic mass is 9.96. The van der Waals surface area contributed by atoms with Crippen LogP contribution in [0.15, 0.2) is 24.4 Å². The number of carbonyl (C=O) groups is 1. The monoisotopic (exact) mass is 289 g/mol. The van der Waals surface area contributed by atoms with E-state index in [1.165, 1.54) is 0 Å². The Morgan fingerprint density at radius 1 is 1.29 bits per heavy atom. The lowest BCUT2D eigenvalue weighted by Gasteiger charge is -2.17. The number of hydrogen-bond donors (Lipinski definition) is 2. The summed E-state index contributed by atoms with van der Waals surface area (Å²) in [5, 5.41) is 12.5. The van der Waals surface area contributed by atoms with Crippen molar-refractivity contribution in [1.82, 2.24) is 14.7 Å². The average Bonchev–Trinajstić information content (AvgIpc) is 2.74. The van der Waals surface area contributed by atoms with Crippen molar-refractivity contribution in [3.05, 3.63) is 35.9 Å². The van der Waals surface area contributed by atoms with E-state index in [-0.39, 0.29) is 17.9 Å². The Kier molecular flexibility index (Phi) is 3.80. The summed E-state index contributed by atoms with van der Waals surface area (Å²) in [6.07, 6.45) is 1.91. The minimum atomic E-state index is -0.946. The summed E-state index contributed by atoms with van der Waals surface area (Å²) in [5.74, 6) is 0.572. The van der Waals surface area contributed by atoms with Crippen molar-refractivity contribution < 1.29 is 9.90 Å². The van der Waals surface area contributed by atoms with Gasteiger partial charge in [0.05, 0.1) is 11.1 Å². The molecule has 0 saturated heterocycles. The highest BCUT2D eigenvalue weighted by Crippen LogP contribution is 2.24. The molecule has 2 heterocycles. The number of rotatable bonds is 3. The topological polar surface area (TPSA) is 66.6 Å². The van der Waals surface area contributed by atoms with Crippen molar-refractivity contribution in [1.29, 1.82) is 0 Å². The van der Waals surface area contributed by atoms with Crippen molar-refractivity contribution >= 4 is 11.4 Å². The number of nitrogens with zero attached hydrogens (tertiary/aromatic N) is 2. The van der Waals surface area contributed by atoms with E-state index in [1.54, 1.807) is 13.8 Å². The zero-order valence-electron chi connectivity index (χ0n) is 13.3. The first-order valence-electron chi connectivity index (χ1n) is 7.08. The minimum Gasteiger partial charge on any atom is -0.389 e. The molecular formula is C16H23N3O2. The van der Waals surface area contributed by atoms with Gasteiger partial charge in [-0.15, -0.1) is 0 Å². The molecule has 1 amide bonds. The van der Waals surface area contributed by atoms with Gasteiger partial charge in [0, 0.05) is 18.2 Å². The number of aromatic nitrogens is 2. The number of fused-ring (bicyclic) bond motifs is 1. The molecule has 0 aliphatic heterocycles. The molecule has 114 valence electrons. The largest absolute Gasteiger partial charge is 0.389 e. The summed E-state index contributed by atoms with van der Waals surface area (Å²) in [6, 6.07) is 5.68. The molecule has 2 aromatic heterocycles. The van der Waals surface area contributed by atoms with Gasteiger partial charge in [-0.3, -0.25) is 4.79 Å². The van der Waals surface area contributed by atoms with Crippen LogP contribution in [0.5, 0.6) is 0 Å². The Hall–Kier alpha value is -1.88. The zero-order valence-corrected chi connectivity index (χ0v) is 13.3. The van der Waals surface area contributed by atoms with Crippen LogP contribution in [0.25, 0.3) is 5.52 Å². The quantitative estimate of drug-likeness (QED) is 0.909. The molecule has 0 atom stereocenters. The van der Waals surface area contributed by atoms with Crippen molar-refractivity contribution in [3.63, 3.8) is 0 Å². The fraction of sp³-hybridized carbons (Fsp3) is 0.500. The highest BCUT2D eigenvalue weighted by molar-refractivity contribution is 5.99. The Balaban J connectivity index is 2.43. The van der Waals surface area contributed by atoms with E-state index in [2.05, 4.69) is 31.1 Å². The Bertz CT molecular complexity index is 660. The molecule has 0 aromatic carbocycles. The van der Waals surface area contributed by atoms with E-state index in [0.717, 1.165) is 11.3 Å². The number of aliphatic hydroxyl groups is 1. The van der Waals surface area contributed by atoms with Gasteiger partial charge in [-0.25, -0.2) is 4.98 Å². The fourth-order valence-corrected chi connectivity index (χ4v) is 2.11. The van der Waals surface area contributed by atoms with Crippen molar-refractivity contribution in [2.75, 3.05) is 6.54 Å². The van der Waals surface area contributed by atoms with Gasteiger partial charge in [0.15, 0.2) is 5.69 Å². The summed E-state index contributed by atoms with van der Waals surface area (Å²) < 4.78 is 1.94. The number of pyridine rings is 1. The molecule has 0 aliphatic carbocycles. The summed E-state index contributed by atoms with van der Waals surface area (Å²) in [6.45, 7) is 9.68. The molecular weight excluding hydrogens is 266 g/mol. The highest BCUT2D eigenvalue weighted by Gasteiger charge is 2.25. The highest BCUT2D eigenvalue weighted by atomic mass is 16.3. The SMILES string of the molecule is CC(C)(O)CNC(=O)c1nc(C(C)(C)C)n2ccccc12. The molecule has 5 nitrogen and oxygen atoms in total. The van der Waals surface area contributed by atoms with Gasteiger partial charge in [-0.2, -0.15) is 0 Å². The predicted octanol–water partition coefficient (Wildman–Crippen LogP) is 2.13. The third kappa shape index (κ3) is 3.42. The standard InChI is InChI=1S/C16H23N3O2/c1-15(2,3)14-18-12(11-8-6-7-9-19(11)14)13(20)17-10-16(4,5)21/h6-9,21H,10H2,1-5H3,(H,17,20). The average molecular weight is 289 g/mol. The van der Waals surface area contributed by atoms with Crippen LogP contribution in [0, 0.1) is 0 Å². The van der Waals surface area contributed by atoms with Gasteiger partial charge >= 0.3 is 0 Å². The Morgan fingerprint density at radius 3 is 2.52 bits per heavy atom. The lowest BCUT2D eigenvalue weighted by Crippen LogP contribution is -2.38. The number of carbonyl (C=O) groups excluding carboxylic acids is 1. The molecule has 2 rings (SSSR count). The van der Waals surface area contributed by atoms with Gasteiger partial charge in [0.25, 0.3) is 5.91 Å². The number of imidazole rings is 1. The minimum absolute atomic E-state index is 0.168. The van der Waals surface area contributed by atoms with Gasteiger partial charge in [-0.1, -0.05) is 26.8 Å². The third-order valence-electron chi connectivity index (χ3n) is 3.12. The molecule has 2 N–H and O–H groups in total. The van der Waals surface area contributed by atoms with Gasteiger partial charge in [0.1, 0.15) is 5.82 Å². The normalized spacial score (nSPS) is 12.7. The Labute approximate surface area is 125 Å². The fourth-order valence-electron chi connectivity index (χ4n) is 2.11. The molecule has 0 aliphatic rings. The molecule has 0 bridgehead atoms. The van der Waals surface area contributed by atoms with Crippen molar-refractivity contribution in [3.8, 4) is 0 Å². The smallest absolute Gasteiger partial charge is 0.272 e. The molecule has 0 unspecified atom stereocenters. The van der Waals surface area contributed by atoms with E-state index in [4.69, 9.17) is 0 Å². The molecule has 0 spiro atoms. The van der Waals surface area contributed by atoms with Crippen LogP contribution in [0.3, 0.4) is 0 Å². The van der Waals surface area contributed by atoms with Crippen LogP contribution >= 0.6 is 0 Å². The number of amides is 1. The van der Waals surface area contributed by atoms with Crippen LogP contribution < -0.4 is 5.32 Å². The van der Waals surface area contributed by atoms with Gasteiger partial charge in [-0.05, 0) is 26.0 Å². The Morgan fingerprint density at radius 2 is 1.95 bits per heavy atom. The number of nitrogens with one attached hydrogen (secondary N) is 1. The van der Waals surface area contributed by atoms with Crippen LogP contribution in [0.2, 0.25) is 0 Å². The predicted molar refractivity (Wildman–Crippen MR) is 82.5 cm³/mol. The third-order valence-corrected chi connectivity index (χ3v) is 3.12. The molecule has 5 heteroatoms. The zero-order chi connectivity index (χ0) is 15.8.